The molecule has 0 amide bonds. The fraction of sp³-hybridized carbons (Fsp3) is 0.529. The molecule has 0 radical (unpaired) electrons. The van der Waals surface area contributed by atoms with Crippen LogP contribution in [0.1, 0.15) is 24.8 Å². The molecule has 5 heteroatoms. The summed E-state index contributed by atoms with van der Waals surface area (Å²) in [6.45, 7) is 3.21. The van der Waals surface area contributed by atoms with Gasteiger partial charge in [0.2, 0.25) is 0 Å². The van der Waals surface area contributed by atoms with Gasteiger partial charge >= 0.3 is 5.97 Å². The number of aromatic nitrogens is 2. The average molecular weight is 301 g/mol. The van der Waals surface area contributed by atoms with Crippen LogP contribution in [0.5, 0.6) is 0 Å². The summed E-state index contributed by atoms with van der Waals surface area (Å²) in [6.07, 6.45) is 7.66. The molecule has 1 fully saturated rings. The summed E-state index contributed by atoms with van der Waals surface area (Å²) < 4.78 is 4.76. The van der Waals surface area contributed by atoms with E-state index in [0.717, 1.165) is 44.5 Å². The van der Waals surface area contributed by atoms with Crippen LogP contribution in [-0.2, 0) is 16.0 Å². The molecule has 0 aliphatic carbocycles. The van der Waals surface area contributed by atoms with Crippen LogP contribution in [0.2, 0.25) is 0 Å². The van der Waals surface area contributed by atoms with Gasteiger partial charge in [-0.05, 0) is 56.0 Å². The molecular weight excluding hydrogens is 278 g/mol. The molecule has 0 saturated carbocycles. The molecule has 2 aromatic rings. The largest absolute Gasteiger partial charge is 0.469 e. The lowest BCUT2D eigenvalue weighted by Gasteiger charge is -2.31. The summed E-state index contributed by atoms with van der Waals surface area (Å²) in [5, 5.41) is 1.23. The summed E-state index contributed by atoms with van der Waals surface area (Å²) in [4.78, 5) is 21.4. The van der Waals surface area contributed by atoms with E-state index in [0.29, 0.717) is 12.3 Å². The third kappa shape index (κ3) is 3.47. The van der Waals surface area contributed by atoms with Crippen LogP contribution in [0.4, 0.5) is 0 Å². The first kappa shape index (κ1) is 15.0. The van der Waals surface area contributed by atoms with E-state index < -0.39 is 0 Å². The van der Waals surface area contributed by atoms with Gasteiger partial charge < -0.3 is 14.6 Å². The van der Waals surface area contributed by atoms with Crippen molar-refractivity contribution in [3.8, 4) is 0 Å². The molecule has 22 heavy (non-hydrogen) atoms. The zero-order valence-corrected chi connectivity index (χ0v) is 13.0. The first-order valence-electron chi connectivity index (χ1n) is 7.96. The molecule has 0 aromatic carbocycles. The van der Waals surface area contributed by atoms with Crippen LogP contribution >= 0.6 is 0 Å². The normalized spacial score (nSPS) is 17.0. The number of hydrogen-bond donors (Lipinski definition) is 1. The highest BCUT2D eigenvalue weighted by Crippen LogP contribution is 2.22. The Morgan fingerprint density at radius 1 is 1.45 bits per heavy atom. The lowest BCUT2D eigenvalue weighted by atomic mass is 9.93. The summed E-state index contributed by atoms with van der Waals surface area (Å²) in [6, 6.07) is 4.11. The molecular formula is C17H23N3O2. The summed E-state index contributed by atoms with van der Waals surface area (Å²) in [5.74, 6) is 0.408. The van der Waals surface area contributed by atoms with E-state index in [1.54, 1.807) is 0 Å². The maximum absolute atomic E-state index is 11.3. The van der Waals surface area contributed by atoms with Crippen molar-refractivity contribution in [3.63, 3.8) is 0 Å². The number of rotatable bonds is 5. The number of nitrogens with zero attached hydrogens (tertiary/aromatic N) is 2. The number of ether oxygens (including phenoxy) is 1. The predicted octanol–water partition coefficient (Wildman–Crippen LogP) is 2.38. The fourth-order valence-corrected chi connectivity index (χ4v) is 3.23. The predicted molar refractivity (Wildman–Crippen MR) is 85.6 cm³/mol. The van der Waals surface area contributed by atoms with E-state index >= 15 is 0 Å². The third-order valence-corrected chi connectivity index (χ3v) is 4.62. The van der Waals surface area contributed by atoms with E-state index in [9.17, 15) is 4.79 Å². The lowest BCUT2D eigenvalue weighted by Crippen LogP contribution is -2.35. The van der Waals surface area contributed by atoms with E-state index in [-0.39, 0.29) is 5.97 Å². The smallest absolute Gasteiger partial charge is 0.305 e. The van der Waals surface area contributed by atoms with Crippen LogP contribution in [-0.4, -0.2) is 47.6 Å². The van der Waals surface area contributed by atoms with Crippen LogP contribution in [0.15, 0.2) is 24.5 Å². The maximum atomic E-state index is 11.3. The highest BCUT2D eigenvalue weighted by atomic mass is 16.5. The van der Waals surface area contributed by atoms with Crippen molar-refractivity contribution >= 4 is 17.0 Å². The quantitative estimate of drug-likeness (QED) is 0.862. The Morgan fingerprint density at radius 3 is 3.05 bits per heavy atom. The number of nitrogens with one attached hydrogen (secondary N) is 1. The van der Waals surface area contributed by atoms with Gasteiger partial charge in [0.15, 0.2) is 0 Å². The fourth-order valence-electron chi connectivity index (χ4n) is 3.23. The Kier molecular flexibility index (Phi) is 4.73. The Hall–Kier alpha value is -1.88. The van der Waals surface area contributed by atoms with Gasteiger partial charge in [-0.25, -0.2) is 4.98 Å². The van der Waals surface area contributed by atoms with Gasteiger partial charge in [0, 0.05) is 30.7 Å². The van der Waals surface area contributed by atoms with E-state index in [4.69, 9.17) is 4.74 Å². The van der Waals surface area contributed by atoms with Crippen LogP contribution in [0.25, 0.3) is 11.0 Å². The summed E-state index contributed by atoms with van der Waals surface area (Å²) in [5.41, 5.74) is 2.30. The molecule has 1 aliphatic rings. The van der Waals surface area contributed by atoms with Crippen molar-refractivity contribution in [3.05, 3.63) is 30.1 Å². The molecule has 118 valence electrons. The van der Waals surface area contributed by atoms with Crippen molar-refractivity contribution in [1.82, 2.24) is 14.9 Å². The van der Waals surface area contributed by atoms with Gasteiger partial charge in [-0.2, -0.15) is 0 Å². The number of H-pyrrole nitrogens is 1. The summed E-state index contributed by atoms with van der Waals surface area (Å²) in [7, 11) is 1.47. The Balaban J connectivity index is 1.48. The second-order valence-corrected chi connectivity index (χ2v) is 6.03. The minimum Gasteiger partial charge on any atom is -0.469 e. The molecule has 0 spiro atoms. The van der Waals surface area contributed by atoms with Gasteiger partial charge in [-0.15, -0.1) is 0 Å². The topological polar surface area (TPSA) is 58.2 Å². The Morgan fingerprint density at radius 2 is 2.27 bits per heavy atom. The SMILES string of the molecule is COC(=O)CC1CCN(CCc2c[nH]c3ncccc23)CC1. The molecule has 0 atom stereocenters. The van der Waals surface area contributed by atoms with Gasteiger partial charge in [-0.3, -0.25) is 4.79 Å². The second-order valence-electron chi connectivity index (χ2n) is 6.03. The van der Waals surface area contributed by atoms with Crippen molar-refractivity contribution in [2.75, 3.05) is 26.7 Å². The second kappa shape index (κ2) is 6.92. The molecule has 5 nitrogen and oxygen atoms in total. The number of aromatic amines is 1. The van der Waals surface area contributed by atoms with Crippen molar-refractivity contribution in [1.29, 1.82) is 0 Å². The minimum absolute atomic E-state index is 0.0789. The van der Waals surface area contributed by atoms with Gasteiger partial charge in [0.25, 0.3) is 0 Å². The van der Waals surface area contributed by atoms with E-state index in [1.807, 2.05) is 12.3 Å². The highest BCUT2D eigenvalue weighted by Gasteiger charge is 2.21. The Labute approximate surface area is 130 Å². The van der Waals surface area contributed by atoms with Crippen LogP contribution in [0, 0.1) is 5.92 Å². The number of hydrogen-bond acceptors (Lipinski definition) is 4. The third-order valence-electron chi connectivity index (χ3n) is 4.62. The van der Waals surface area contributed by atoms with Crippen molar-refractivity contribution in [2.45, 2.75) is 25.7 Å². The number of esters is 1. The Bertz CT molecular complexity index is 630. The first-order chi connectivity index (χ1) is 10.8. The molecule has 1 saturated heterocycles. The summed E-state index contributed by atoms with van der Waals surface area (Å²) >= 11 is 0. The minimum atomic E-state index is -0.0789. The molecule has 0 bridgehead atoms. The molecule has 2 aromatic heterocycles. The molecule has 1 aliphatic heterocycles. The maximum Gasteiger partial charge on any atom is 0.305 e. The number of piperidine rings is 1. The zero-order chi connectivity index (χ0) is 15.4. The highest BCUT2D eigenvalue weighted by molar-refractivity contribution is 5.79. The number of pyridine rings is 1. The number of likely N-dealkylation sites (tertiary alicyclic amines) is 1. The van der Waals surface area contributed by atoms with Crippen LogP contribution < -0.4 is 0 Å². The molecule has 1 N–H and O–H groups in total. The standard InChI is InChI=1S/C17H23N3O2/c1-22-16(21)11-13-4-8-20(9-5-13)10-6-14-12-19-17-15(14)3-2-7-18-17/h2-3,7,12-13H,4-6,8-11H2,1H3,(H,18,19). The van der Waals surface area contributed by atoms with E-state index in [2.05, 4.69) is 27.1 Å². The van der Waals surface area contributed by atoms with Crippen molar-refractivity contribution in [2.24, 2.45) is 5.92 Å². The number of fused-ring (bicyclic) bond motifs is 1. The molecule has 3 rings (SSSR count). The van der Waals surface area contributed by atoms with Crippen molar-refractivity contribution < 1.29 is 9.53 Å². The monoisotopic (exact) mass is 301 g/mol. The number of methoxy groups -OCH3 is 1. The molecule has 3 heterocycles. The first-order valence-corrected chi connectivity index (χ1v) is 7.96. The average Bonchev–Trinajstić information content (AvgIpc) is 2.97. The number of carbonyl (C=O) groups is 1. The molecule has 0 unspecified atom stereocenters. The van der Waals surface area contributed by atoms with Crippen LogP contribution in [0.3, 0.4) is 0 Å². The van der Waals surface area contributed by atoms with E-state index in [1.165, 1.54) is 18.1 Å². The van der Waals surface area contributed by atoms with Gasteiger partial charge in [0.1, 0.15) is 5.65 Å². The van der Waals surface area contributed by atoms with Gasteiger partial charge in [-0.1, -0.05) is 0 Å². The van der Waals surface area contributed by atoms with Gasteiger partial charge in [0.05, 0.1) is 7.11 Å². The lowest BCUT2D eigenvalue weighted by molar-refractivity contribution is -0.142. The number of carbonyl (C=O) groups excluding carboxylic acids is 1. The zero-order valence-electron chi connectivity index (χ0n) is 13.0.